The van der Waals surface area contributed by atoms with E-state index in [0.717, 1.165) is 17.8 Å². The normalized spacial score (nSPS) is 20.3. The summed E-state index contributed by atoms with van der Waals surface area (Å²) >= 11 is 0. The lowest BCUT2D eigenvalue weighted by molar-refractivity contribution is -0.274. The Bertz CT molecular complexity index is 722. The van der Waals surface area contributed by atoms with Gasteiger partial charge in [0.1, 0.15) is 11.8 Å². The van der Waals surface area contributed by atoms with Crippen LogP contribution in [0.15, 0.2) is 48.7 Å². The van der Waals surface area contributed by atoms with Gasteiger partial charge in [0.15, 0.2) is 0 Å². The largest absolute Gasteiger partial charge is 0.573 e. The van der Waals surface area contributed by atoms with E-state index in [-0.39, 0.29) is 17.7 Å². The molecule has 0 saturated carbocycles. The summed E-state index contributed by atoms with van der Waals surface area (Å²) in [7, 11) is 0. The monoisotopic (exact) mass is 352 g/mol. The molecule has 3 rings (SSSR count). The van der Waals surface area contributed by atoms with Crippen LogP contribution in [0.4, 0.5) is 18.9 Å². The van der Waals surface area contributed by atoms with Crippen molar-refractivity contribution in [1.82, 2.24) is 15.8 Å². The zero-order valence-corrected chi connectivity index (χ0v) is 12.9. The smallest absolute Gasteiger partial charge is 0.406 e. The summed E-state index contributed by atoms with van der Waals surface area (Å²) in [5.74, 6) is -0.642. The molecule has 132 valence electrons. The summed E-state index contributed by atoms with van der Waals surface area (Å²) in [6.45, 7) is 0. The van der Waals surface area contributed by atoms with Crippen molar-refractivity contribution in [1.29, 1.82) is 0 Å². The van der Waals surface area contributed by atoms with Crippen LogP contribution in [0.1, 0.15) is 18.2 Å². The van der Waals surface area contributed by atoms with E-state index in [0.29, 0.717) is 12.1 Å². The number of anilines is 1. The number of halogens is 3. The van der Waals surface area contributed by atoms with Crippen LogP contribution in [0.2, 0.25) is 0 Å². The van der Waals surface area contributed by atoms with Gasteiger partial charge < -0.3 is 10.1 Å². The van der Waals surface area contributed by atoms with E-state index in [1.54, 1.807) is 6.20 Å². The molecule has 2 aromatic rings. The van der Waals surface area contributed by atoms with Gasteiger partial charge in [-0.1, -0.05) is 6.07 Å². The molecular weight excluding hydrogens is 337 g/mol. The van der Waals surface area contributed by atoms with Crippen LogP contribution in [-0.2, 0) is 4.79 Å². The second-order valence-electron chi connectivity index (χ2n) is 5.45. The predicted molar refractivity (Wildman–Crippen MR) is 83.4 cm³/mol. The van der Waals surface area contributed by atoms with Crippen molar-refractivity contribution in [3.63, 3.8) is 0 Å². The number of ether oxygens (including phenoxy) is 1. The fourth-order valence-electron chi connectivity index (χ4n) is 2.47. The molecule has 3 N–H and O–H groups in total. The molecule has 0 spiro atoms. The van der Waals surface area contributed by atoms with Crippen molar-refractivity contribution in [3.05, 3.63) is 54.4 Å². The number of carbonyl (C=O) groups excluding carboxylic acids is 1. The maximum atomic E-state index is 12.3. The summed E-state index contributed by atoms with van der Waals surface area (Å²) in [6.07, 6.45) is -2.57. The third-order valence-electron chi connectivity index (χ3n) is 3.62. The molecule has 6 nitrogen and oxygen atoms in total. The Labute approximate surface area is 141 Å². The van der Waals surface area contributed by atoms with Crippen LogP contribution < -0.4 is 20.9 Å². The van der Waals surface area contributed by atoms with E-state index in [9.17, 15) is 18.0 Å². The number of rotatable bonds is 4. The Morgan fingerprint density at radius 2 is 1.92 bits per heavy atom. The molecule has 25 heavy (non-hydrogen) atoms. The average Bonchev–Trinajstić information content (AvgIpc) is 3.06. The number of alkyl halides is 3. The van der Waals surface area contributed by atoms with Crippen molar-refractivity contribution >= 4 is 11.6 Å². The summed E-state index contributed by atoms with van der Waals surface area (Å²) in [5.41, 5.74) is 7.09. The first kappa shape index (κ1) is 17.2. The lowest BCUT2D eigenvalue weighted by atomic mass is 10.1. The van der Waals surface area contributed by atoms with Crippen molar-refractivity contribution in [2.75, 3.05) is 5.32 Å². The molecule has 0 radical (unpaired) electrons. The number of nitrogens with one attached hydrogen (secondary N) is 3. The van der Waals surface area contributed by atoms with E-state index in [4.69, 9.17) is 0 Å². The van der Waals surface area contributed by atoms with Gasteiger partial charge in [0.2, 0.25) is 5.91 Å². The molecule has 1 aromatic heterocycles. The topological polar surface area (TPSA) is 75.3 Å². The van der Waals surface area contributed by atoms with Crippen LogP contribution in [0, 0.1) is 0 Å². The van der Waals surface area contributed by atoms with Crippen LogP contribution in [0.3, 0.4) is 0 Å². The maximum absolute atomic E-state index is 12.3. The van der Waals surface area contributed by atoms with Crippen LogP contribution in [0.5, 0.6) is 5.75 Å². The number of nitrogens with zero attached hydrogens (tertiary/aromatic N) is 1. The van der Waals surface area contributed by atoms with Gasteiger partial charge in [-0.25, -0.2) is 10.9 Å². The molecule has 1 saturated heterocycles. The number of aromatic nitrogens is 1. The number of hydrazine groups is 1. The number of hydrogen-bond donors (Lipinski definition) is 3. The van der Waals surface area contributed by atoms with Crippen LogP contribution >= 0.6 is 0 Å². The van der Waals surface area contributed by atoms with Gasteiger partial charge in [-0.2, -0.15) is 0 Å². The van der Waals surface area contributed by atoms with E-state index in [1.165, 1.54) is 12.1 Å². The van der Waals surface area contributed by atoms with Gasteiger partial charge in [-0.3, -0.25) is 9.78 Å². The highest BCUT2D eigenvalue weighted by Gasteiger charge is 2.32. The third-order valence-corrected chi connectivity index (χ3v) is 3.62. The number of amides is 1. The number of benzene rings is 1. The van der Waals surface area contributed by atoms with E-state index in [2.05, 4.69) is 25.9 Å². The number of carbonyl (C=O) groups is 1. The van der Waals surface area contributed by atoms with Crippen molar-refractivity contribution in [2.24, 2.45) is 0 Å². The minimum atomic E-state index is -4.75. The van der Waals surface area contributed by atoms with Gasteiger partial charge in [-0.15, -0.1) is 13.2 Å². The first-order chi connectivity index (χ1) is 11.9. The highest BCUT2D eigenvalue weighted by atomic mass is 19.4. The average molecular weight is 352 g/mol. The Morgan fingerprint density at radius 1 is 1.16 bits per heavy atom. The highest BCUT2D eigenvalue weighted by molar-refractivity contribution is 5.95. The molecule has 1 aromatic carbocycles. The van der Waals surface area contributed by atoms with Gasteiger partial charge in [0.25, 0.3) is 0 Å². The molecule has 1 fully saturated rings. The van der Waals surface area contributed by atoms with Gasteiger partial charge >= 0.3 is 6.36 Å². The second kappa shape index (κ2) is 7.08. The third kappa shape index (κ3) is 4.68. The molecule has 2 heterocycles. The molecule has 0 bridgehead atoms. The van der Waals surface area contributed by atoms with Crippen LogP contribution in [-0.4, -0.2) is 23.3 Å². The summed E-state index contributed by atoms with van der Waals surface area (Å²) in [4.78, 5) is 16.5. The van der Waals surface area contributed by atoms with E-state index < -0.39 is 12.4 Å². The zero-order valence-electron chi connectivity index (χ0n) is 12.9. The lowest BCUT2D eigenvalue weighted by Gasteiger charge is -2.12. The molecule has 2 atom stereocenters. The highest BCUT2D eigenvalue weighted by Crippen LogP contribution is 2.25. The summed E-state index contributed by atoms with van der Waals surface area (Å²) in [6, 6.07) is 9.91. The van der Waals surface area contributed by atoms with Gasteiger partial charge in [0.05, 0.1) is 11.7 Å². The van der Waals surface area contributed by atoms with Gasteiger partial charge in [0, 0.05) is 11.9 Å². The molecule has 0 aliphatic carbocycles. The van der Waals surface area contributed by atoms with E-state index in [1.807, 2.05) is 18.2 Å². The molecule has 1 amide bonds. The SMILES string of the molecule is O=C(Nc1ccc(OC(F)(F)F)cc1)C1CC(c2ccccn2)NN1. The number of hydrogen-bond acceptors (Lipinski definition) is 5. The standard InChI is InChI=1S/C16H15F3N4O2/c17-16(18,19)25-11-6-4-10(5-7-11)21-15(24)14-9-13(22-23-14)12-3-1-2-8-20-12/h1-8,13-14,22-23H,9H2,(H,21,24). The molecule has 2 unspecified atom stereocenters. The minimum Gasteiger partial charge on any atom is -0.406 e. The minimum absolute atomic E-state index is 0.0977. The van der Waals surface area contributed by atoms with Gasteiger partial charge in [-0.05, 0) is 42.8 Å². The van der Waals surface area contributed by atoms with Crippen molar-refractivity contribution in [3.8, 4) is 5.75 Å². The van der Waals surface area contributed by atoms with Crippen LogP contribution in [0.25, 0.3) is 0 Å². The summed E-state index contributed by atoms with van der Waals surface area (Å²) in [5, 5.41) is 2.65. The molecule has 9 heteroatoms. The fourth-order valence-corrected chi connectivity index (χ4v) is 2.47. The Morgan fingerprint density at radius 3 is 2.56 bits per heavy atom. The molecular formula is C16H15F3N4O2. The first-order valence-corrected chi connectivity index (χ1v) is 7.49. The van der Waals surface area contributed by atoms with Crippen molar-refractivity contribution < 1.29 is 22.7 Å². The fraction of sp³-hybridized carbons (Fsp3) is 0.250. The number of pyridine rings is 1. The maximum Gasteiger partial charge on any atom is 0.573 e. The van der Waals surface area contributed by atoms with Crippen molar-refractivity contribution in [2.45, 2.75) is 24.9 Å². The Kier molecular flexibility index (Phi) is 4.86. The quantitative estimate of drug-likeness (QED) is 0.788. The predicted octanol–water partition coefficient (Wildman–Crippen LogP) is 2.53. The molecule has 1 aliphatic rings. The summed E-state index contributed by atoms with van der Waals surface area (Å²) < 4.78 is 40.1. The molecule has 1 aliphatic heterocycles. The Balaban J connectivity index is 1.56. The van der Waals surface area contributed by atoms with E-state index >= 15 is 0 Å². The first-order valence-electron chi connectivity index (χ1n) is 7.49. The zero-order chi connectivity index (χ0) is 17.9. The lowest BCUT2D eigenvalue weighted by Crippen LogP contribution is -2.39. The second-order valence-corrected chi connectivity index (χ2v) is 5.45. The Hall–Kier alpha value is -2.65.